The molecule has 0 radical (unpaired) electrons. The molecule has 10 heteroatoms. The van der Waals surface area contributed by atoms with E-state index >= 15 is 0 Å². The topological polar surface area (TPSA) is 127 Å². The molecule has 23 heavy (non-hydrogen) atoms. The zero-order valence-electron chi connectivity index (χ0n) is 13.2. The average Bonchev–Trinajstić information content (AvgIpc) is 2.72. The summed E-state index contributed by atoms with van der Waals surface area (Å²) < 4.78 is 12.3. The van der Waals surface area contributed by atoms with E-state index in [0.717, 1.165) is 4.90 Å². The number of carbonyl (C=O) groups excluding carboxylic acids is 3. The van der Waals surface area contributed by atoms with Gasteiger partial charge < -0.3 is 25.2 Å². The summed E-state index contributed by atoms with van der Waals surface area (Å²) in [4.78, 5) is 35.2. The molecule has 2 amide bonds. The van der Waals surface area contributed by atoms with E-state index < -0.39 is 40.7 Å². The minimum Gasteiger partial charge on any atom is -0.543 e. The van der Waals surface area contributed by atoms with Gasteiger partial charge in [0.1, 0.15) is 0 Å². The van der Waals surface area contributed by atoms with E-state index in [9.17, 15) is 28.8 Å². The van der Waals surface area contributed by atoms with Crippen LogP contribution in [0, 0.1) is 5.92 Å². The number of fused-ring (bicyclic) bond motifs is 1. The summed E-state index contributed by atoms with van der Waals surface area (Å²) in [6.45, 7) is 2.93. The quantitative estimate of drug-likeness (QED) is 0.363. The molecule has 0 aromatic rings. The standard InChI is InChI=1S/C13H18N2O6S.Na/c1-6(16)10-8-5-9(22(21)4-3-14-7(2)17)11(13(19)20)15(8)12(10)18;/h6,8,10,16H,3-5H2,1-2H3,(H,14,17)(H,19,20);/q;+1/p-1. The van der Waals surface area contributed by atoms with Crippen LogP contribution in [0.3, 0.4) is 0 Å². The minimum atomic E-state index is -1.64. The summed E-state index contributed by atoms with van der Waals surface area (Å²) in [7, 11) is -1.64. The van der Waals surface area contributed by atoms with E-state index in [2.05, 4.69) is 5.32 Å². The van der Waals surface area contributed by atoms with E-state index in [1.807, 2.05) is 0 Å². The molecule has 4 unspecified atom stereocenters. The van der Waals surface area contributed by atoms with Crippen LogP contribution in [0.4, 0.5) is 0 Å². The van der Waals surface area contributed by atoms with Gasteiger partial charge in [0.15, 0.2) is 0 Å². The molecular weight excluding hydrogens is 335 g/mol. The number of aliphatic hydroxyl groups is 1. The number of amides is 2. The smallest absolute Gasteiger partial charge is 0.543 e. The van der Waals surface area contributed by atoms with Crippen molar-refractivity contribution in [2.75, 3.05) is 12.3 Å². The van der Waals surface area contributed by atoms with Crippen molar-refractivity contribution in [2.45, 2.75) is 32.4 Å². The molecule has 2 N–H and O–H groups in total. The van der Waals surface area contributed by atoms with Crippen LogP contribution in [0.25, 0.3) is 0 Å². The molecule has 2 aliphatic heterocycles. The Balaban J connectivity index is 0.00000264. The zero-order valence-corrected chi connectivity index (χ0v) is 16.0. The molecule has 122 valence electrons. The summed E-state index contributed by atoms with van der Waals surface area (Å²) in [6.07, 6.45) is -0.763. The Kier molecular flexibility index (Phi) is 6.96. The van der Waals surface area contributed by atoms with Crippen LogP contribution >= 0.6 is 0 Å². The molecule has 0 saturated carbocycles. The Morgan fingerprint density at radius 1 is 1.52 bits per heavy atom. The van der Waals surface area contributed by atoms with Gasteiger partial charge in [0.2, 0.25) is 11.8 Å². The Bertz CT molecular complexity index is 591. The fraction of sp³-hybridized carbons (Fsp3) is 0.615. The number of aliphatic carboxylic acids is 1. The van der Waals surface area contributed by atoms with E-state index in [1.165, 1.54) is 13.8 Å². The normalized spacial score (nSPS) is 25.2. The second-order valence-electron chi connectivity index (χ2n) is 5.34. The summed E-state index contributed by atoms with van der Waals surface area (Å²) in [5.41, 5.74) is -0.354. The molecule has 4 atom stereocenters. The molecule has 0 aromatic carbocycles. The summed E-state index contributed by atoms with van der Waals surface area (Å²) in [6, 6.07) is -0.486. The third-order valence-electron chi connectivity index (χ3n) is 3.82. The summed E-state index contributed by atoms with van der Waals surface area (Å²) >= 11 is 0. The number of rotatable bonds is 6. The van der Waals surface area contributed by atoms with Gasteiger partial charge in [0, 0.05) is 30.5 Å². The summed E-state index contributed by atoms with van der Waals surface area (Å²) in [5, 5.41) is 23.3. The van der Waals surface area contributed by atoms with E-state index in [-0.39, 0.29) is 64.8 Å². The Labute approximate surface area is 158 Å². The maximum Gasteiger partial charge on any atom is 1.00 e. The second-order valence-corrected chi connectivity index (χ2v) is 6.93. The van der Waals surface area contributed by atoms with Crippen LogP contribution < -0.4 is 40.0 Å². The Hall–Kier alpha value is -0.740. The van der Waals surface area contributed by atoms with Crippen molar-refractivity contribution in [1.82, 2.24) is 10.2 Å². The first kappa shape index (κ1) is 20.3. The number of aliphatic hydroxyl groups excluding tert-OH is 1. The van der Waals surface area contributed by atoms with Gasteiger partial charge in [-0.25, -0.2) is 0 Å². The molecule has 2 heterocycles. The fourth-order valence-electron chi connectivity index (χ4n) is 2.87. The van der Waals surface area contributed by atoms with Crippen molar-refractivity contribution in [2.24, 2.45) is 5.92 Å². The number of hydrogen-bond acceptors (Lipinski definition) is 6. The van der Waals surface area contributed by atoms with Gasteiger partial charge >= 0.3 is 29.6 Å². The van der Waals surface area contributed by atoms with Gasteiger partial charge in [-0.1, -0.05) is 0 Å². The van der Waals surface area contributed by atoms with Crippen molar-refractivity contribution in [3.8, 4) is 0 Å². The van der Waals surface area contributed by atoms with E-state index in [1.54, 1.807) is 0 Å². The van der Waals surface area contributed by atoms with Crippen LogP contribution in [-0.2, 0) is 25.2 Å². The monoisotopic (exact) mass is 352 g/mol. The number of carbonyl (C=O) groups is 3. The van der Waals surface area contributed by atoms with Gasteiger partial charge in [-0.05, 0) is 6.92 Å². The molecule has 0 bridgehead atoms. The molecule has 2 aliphatic rings. The van der Waals surface area contributed by atoms with Crippen molar-refractivity contribution in [3.05, 3.63) is 10.6 Å². The molecule has 0 aromatic heterocycles. The SMILES string of the molecule is CC(=O)NCCS(=O)C1=C(C(=O)[O-])N2C(=O)C(C(C)O)C2C1.[Na+]. The van der Waals surface area contributed by atoms with Crippen LogP contribution in [0.2, 0.25) is 0 Å². The van der Waals surface area contributed by atoms with Crippen LogP contribution in [0.1, 0.15) is 20.3 Å². The molecule has 1 fully saturated rings. The zero-order chi connectivity index (χ0) is 16.6. The first-order valence-electron chi connectivity index (χ1n) is 6.84. The molecular formula is C13H17N2NaO6S. The first-order chi connectivity index (χ1) is 10.3. The molecule has 0 aliphatic carbocycles. The van der Waals surface area contributed by atoms with Gasteiger partial charge in [0.25, 0.3) is 0 Å². The first-order valence-corrected chi connectivity index (χ1v) is 8.16. The maximum absolute atomic E-state index is 12.3. The minimum absolute atomic E-state index is 0. The third-order valence-corrected chi connectivity index (χ3v) is 5.30. The fourth-order valence-corrected chi connectivity index (χ4v) is 4.15. The van der Waals surface area contributed by atoms with Crippen LogP contribution in [0.15, 0.2) is 10.6 Å². The predicted octanol–water partition coefficient (Wildman–Crippen LogP) is -5.55. The maximum atomic E-state index is 12.3. The van der Waals surface area contributed by atoms with Crippen LogP contribution in [0.5, 0.6) is 0 Å². The summed E-state index contributed by atoms with van der Waals surface area (Å²) in [5.74, 6) is -2.94. The van der Waals surface area contributed by atoms with E-state index in [4.69, 9.17) is 0 Å². The number of β-lactam (4-membered cyclic amide) rings is 1. The molecule has 8 nitrogen and oxygen atoms in total. The predicted molar refractivity (Wildman–Crippen MR) is 74.1 cm³/mol. The van der Waals surface area contributed by atoms with Crippen molar-refractivity contribution >= 4 is 28.6 Å². The Morgan fingerprint density at radius 3 is 2.61 bits per heavy atom. The number of nitrogens with one attached hydrogen (secondary N) is 1. The largest absolute Gasteiger partial charge is 1.00 e. The second kappa shape index (κ2) is 7.89. The van der Waals surface area contributed by atoms with Crippen molar-refractivity contribution < 1.29 is 58.4 Å². The van der Waals surface area contributed by atoms with Gasteiger partial charge in [0.05, 0.1) is 40.5 Å². The number of carboxylic acid groups (broad SMARTS) is 1. The van der Waals surface area contributed by atoms with Gasteiger partial charge in [-0.3, -0.25) is 13.8 Å². The van der Waals surface area contributed by atoms with Gasteiger partial charge in [-0.15, -0.1) is 0 Å². The number of carboxylic acids is 1. The van der Waals surface area contributed by atoms with Crippen molar-refractivity contribution in [1.29, 1.82) is 0 Å². The van der Waals surface area contributed by atoms with Crippen molar-refractivity contribution in [3.63, 3.8) is 0 Å². The molecule has 1 saturated heterocycles. The average molecular weight is 352 g/mol. The molecule has 0 spiro atoms. The third kappa shape index (κ3) is 3.85. The molecule has 2 rings (SSSR count). The number of nitrogens with zero attached hydrogens (tertiary/aromatic N) is 1. The number of hydrogen-bond donors (Lipinski definition) is 2. The van der Waals surface area contributed by atoms with Crippen LogP contribution in [-0.4, -0.2) is 56.4 Å². The Morgan fingerprint density at radius 2 is 2.13 bits per heavy atom. The van der Waals surface area contributed by atoms with Gasteiger partial charge in [-0.2, -0.15) is 0 Å². The van der Waals surface area contributed by atoms with E-state index in [0.29, 0.717) is 0 Å².